The van der Waals surface area contributed by atoms with Crippen LogP contribution in [0.15, 0.2) is 24.4 Å². The number of benzene rings is 1. The highest BCUT2D eigenvalue weighted by Gasteiger charge is 2.09. The molecule has 0 saturated heterocycles. The van der Waals surface area contributed by atoms with Crippen LogP contribution in [0.4, 0.5) is 10.1 Å². The van der Waals surface area contributed by atoms with Crippen LogP contribution < -0.4 is 10.0 Å². The van der Waals surface area contributed by atoms with Crippen LogP contribution in [0.2, 0.25) is 5.02 Å². The molecule has 114 valence electrons. The van der Waals surface area contributed by atoms with Crippen LogP contribution in [0, 0.1) is 5.82 Å². The minimum absolute atomic E-state index is 0.0209. The molecule has 1 heterocycles. The van der Waals surface area contributed by atoms with Gasteiger partial charge in [0, 0.05) is 24.7 Å². The van der Waals surface area contributed by atoms with Crippen LogP contribution in [-0.4, -0.2) is 32.2 Å². The predicted octanol–water partition coefficient (Wildman–Crippen LogP) is 2.38. The SMILES string of the molecule is CCS(=O)(=O)NCCNc1cc(F)cc2c(Cl)ccnc12. The molecule has 0 atom stereocenters. The Morgan fingerprint density at radius 1 is 1.33 bits per heavy atom. The zero-order chi connectivity index (χ0) is 15.5. The van der Waals surface area contributed by atoms with Crippen molar-refractivity contribution in [2.75, 3.05) is 24.2 Å². The first-order chi connectivity index (χ1) is 9.93. The molecule has 2 N–H and O–H groups in total. The molecule has 2 rings (SSSR count). The summed E-state index contributed by atoms with van der Waals surface area (Å²) in [6.45, 7) is 2.07. The summed E-state index contributed by atoms with van der Waals surface area (Å²) in [5.41, 5.74) is 1.02. The number of halogens is 2. The van der Waals surface area contributed by atoms with Gasteiger partial charge in [0.1, 0.15) is 5.82 Å². The van der Waals surface area contributed by atoms with Crippen molar-refractivity contribution in [3.05, 3.63) is 35.2 Å². The molecule has 5 nitrogen and oxygen atoms in total. The van der Waals surface area contributed by atoms with Crippen molar-refractivity contribution in [2.45, 2.75) is 6.92 Å². The third kappa shape index (κ3) is 4.03. The van der Waals surface area contributed by atoms with E-state index >= 15 is 0 Å². The van der Waals surface area contributed by atoms with Crippen molar-refractivity contribution >= 4 is 38.2 Å². The standard InChI is InChI=1S/C13H15ClFN3O2S/c1-2-21(19,20)18-6-5-16-12-8-9(15)7-10-11(14)3-4-17-13(10)12/h3-4,7-8,16,18H,2,5-6H2,1H3. The number of rotatable bonds is 6. The van der Waals surface area contributed by atoms with Gasteiger partial charge in [-0.3, -0.25) is 4.98 Å². The van der Waals surface area contributed by atoms with Crippen LogP contribution in [0.3, 0.4) is 0 Å². The van der Waals surface area contributed by atoms with E-state index in [4.69, 9.17) is 11.6 Å². The van der Waals surface area contributed by atoms with Crippen molar-refractivity contribution in [3.8, 4) is 0 Å². The number of aromatic nitrogens is 1. The Morgan fingerprint density at radius 2 is 2.10 bits per heavy atom. The number of hydrogen-bond donors (Lipinski definition) is 2. The topological polar surface area (TPSA) is 71.1 Å². The lowest BCUT2D eigenvalue weighted by Crippen LogP contribution is -2.30. The van der Waals surface area contributed by atoms with Crippen molar-refractivity contribution in [1.82, 2.24) is 9.71 Å². The molecule has 0 bridgehead atoms. The van der Waals surface area contributed by atoms with Gasteiger partial charge in [-0.2, -0.15) is 0 Å². The average molecular weight is 332 g/mol. The van der Waals surface area contributed by atoms with Gasteiger partial charge >= 0.3 is 0 Å². The molecule has 2 aromatic rings. The van der Waals surface area contributed by atoms with Crippen LogP contribution >= 0.6 is 11.6 Å². The van der Waals surface area contributed by atoms with E-state index in [2.05, 4.69) is 15.0 Å². The molecule has 0 aliphatic rings. The lowest BCUT2D eigenvalue weighted by Gasteiger charge is -2.11. The number of nitrogens with zero attached hydrogens (tertiary/aromatic N) is 1. The molecule has 0 unspecified atom stereocenters. The lowest BCUT2D eigenvalue weighted by atomic mass is 10.2. The van der Waals surface area contributed by atoms with Crippen LogP contribution in [0.5, 0.6) is 0 Å². The Balaban J connectivity index is 2.14. The molecule has 0 aliphatic carbocycles. The van der Waals surface area contributed by atoms with Crippen molar-refractivity contribution in [3.63, 3.8) is 0 Å². The summed E-state index contributed by atoms with van der Waals surface area (Å²) in [7, 11) is -3.23. The maximum absolute atomic E-state index is 13.6. The maximum atomic E-state index is 13.6. The van der Waals surface area contributed by atoms with Crippen LogP contribution in [0.25, 0.3) is 10.9 Å². The second kappa shape index (κ2) is 6.55. The Hall–Kier alpha value is -1.44. The maximum Gasteiger partial charge on any atom is 0.211 e. The molecule has 0 fully saturated rings. The van der Waals surface area contributed by atoms with Crippen molar-refractivity contribution < 1.29 is 12.8 Å². The highest BCUT2D eigenvalue weighted by molar-refractivity contribution is 7.89. The highest BCUT2D eigenvalue weighted by atomic mass is 35.5. The molecule has 0 aliphatic heterocycles. The normalized spacial score (nSPS) is 11.8. The van der Waals surface area contributed by atoms with Gasteiger partial charge in [0.2, 0.25) is 10.0 Å². The Labute approximate surface area is 127 Å². The molecule has 1 aromatic carbocycles. The number of nitrogens with one attached hydrogen (secondary N) is 2. The molecule has 0 spiro atoms. The first-order valence-corrected chi connectivity index (χ1v) is 8.41. The number of anilines is 1. The van der Waals surface area contributed by atoms with E-state index in [9.17, 15) is 12.8 Å². The number of sulfonamides is 1. The second-order valence-electron chi connectivity index (χ2n) is 4.37. The van der Waals surface area contributed by atoms with Gasteiger partial charge in [-0.25, -0.2) is 17.5 Å². The summed E-state index contributed by atoms with van der Waals surface area (Å²) in [4.78, 5) is 4.17. The fourth-order valence-corrected chi connectivity index (χ4v) is 2.65. The van der Waals surface area contributed by atoms with E-state index in [0.29, 0.717) is 28.2 Å². The predicted molar refractivity (Wildman–Crippen MR) is 82.7 cm³/mol. The van der Waals surface area contributed by atoms with Crippen LogP contribution in [0.1, 0.15) is 6.92 Å². The number of fused-ring (bicyclic) bond motifs is 1. The van der Waals surface area contributed by atoms with Gasteiger partial charge < -0.3 is 5.32 Å². The van der Waals surface area contributed by atoms with E-state index < -0.39 is 15.8 Å². The monoisotopic (exact) mass is 331 g/mol. The smallest absolute Gasteiger partial charge is 0.211 e. The largest absolute Gasteiger partial charge is 0.382 e. The summed E-state index contributed by atoms with van der Waals surface area (Å²) >= 11 is 6.01. The summed E-state index contributed by atoms with van der Waals surface area (Å²) in [6.07, 6.45) is 1.54. The summed E-state index contributed by atoms with van der Waals surface area (Å²) < 4.78 is 38.6. The second-order valence-corrected chi connectivity index (χ2v) is 6.87. The van der Waals surface area contributed by atoms with Crippen molar-refractivity contribution in [1.29, 1.82) is 0 Å². The minimum atomic E-state index is -3.23. The summed E-state index contributed by atoms with van der Waals surface area (Å²) in [6, 6.07) is 4.21. The molecule has 21 heavy (non-hydrogen) atoms. The van der Waals surface area contributed by atoms with Gasteiger partial charge in [0.15, 0.2) is 0 Å². The molecular weight excluding hydrogens is 317 g/mol. The van der Waals surface area contributed by atoms with E-state index in [0.717, 1.165) is 0 Å². The lowest BCUT2D eigenvalue weighted by molar-refractivity contribution is 0.584. The zero-order valence-electron chi connectivity index (χ0n) is 11.4. The molecule has 8 heteroatoms. The molecule has 0 radical (unpaired) electrons. The minimum Gasteiger partial charge on any atom is -0.382 e. The van der Waals surface area contributed by atoms with Gasteiger partial charge in [0.25, 0.3) is 0 Å². The fraction of sp³-hybridized carbons (Fsp3) is 0.308. The summed E-state index contributed by atoms with van der Waals surface area (Å²) in [5.74, 6) is -0.415. The Morgan fingerprint density at radius 3 is 2.81 bits per heavy atom. The van der Waals surface area contributed by atoms with Gasteiger partial charge in [-0.1, -0.05) is 11.6 Å². The molecule has 0 saturated carbocycles. The highest BCUT2D eigenvalue weighted by Crippen LogP contribution is 2.28. The molecular formula is C13H15ClFN3O2S. The average Bonchev–Trinajstić information content (AvgIpc) is 2.44. The Kier molecular flexibility index (Phi) is 4.97. The zero-order valence-corrected chi connectivity index (χ0v) is 12.9. The quantitative estimate of drug-likeness (QED) is 0.797. The van der Waals surface area contributed by atoms with E-state index in [1.165, 1.54) is 18.3 Å². The first-order valence-electron chi connectivity index (χ1n) is 6.38. The van der Waals surface area contributed by atoms with Gasteiger partial charge in [-0.15, -0.1) is 0 Å². The molecule has 1 aromatic heterocycles. The fourth-order valence-electron chi connectivity index (χ4n) is 1.83. The van der Waals surface area contributed by atoms with Gasteiger partial charge in [-0.05, 0) is 25.1 Å². The van der Waals surface area contributed by atoms with E-state index in [1.807, 2.05) is 0 Å². The number of hydrogen-bond acceptors (Lipinski definition) is 4. The van der Waals surface area contributed by atoms with Crippen molar-refractivity contribution in [2.24, 2.45) is 0 Å². The Bertz CT molecular complexity index is 752. The van der Waals surface area contributed by atoms with E-state index in [-0.39, 0.29) is 12.3 Å². The first kappa shape index (κ1) is 15.9. The van der Waals surface area contributed by atoms with Crippen LogP contribution in [-0.2, 0) is 10.0 Å². The third-order valence-electron chi connectivity index (χ3n) is 2.90. The molecule has 0 amide bonds. The number of pyridine rings is 1. The summed E-state index contributed by atoms with van der Waals surface area (Å²) in [5, 5.41) is 3.89. The third-order valence-corrected chi connectivity index (χ3v) is 4.63. The van der Waals surface area contributed by atoms with Gasteiger partial charge in [0.05, 0.1) is 22.0 Å². The van der Waals surface area contributed by atoms with E-state index in [1.54, 1.807) is 13.0 Å².